The third kappa shape index (κ3) is 1.65. The monoisotopic (exact) mass is 300 g/mol. The minimum atomic E-state index is -0.663. The summed E-state index contributed by atoms with van der Waals surface area (Å²) in [7, 11) is 0. The van der Waals surface area contributed by atoms with Crippen LogP contribution in [-0.4, -0.2) is 17.9 Å². The first kappa shape index (κ1) is 14.3. The molecule has 4 aliphatic rings. The fourth-order valence-corrected chi connectivity index (χ4v) is 6.28. The van der Waals surface area contributed by atoms with E-state index < -0.39 is 5.41 Å². The zero-order chi connectivity index (χ0) is 15.5. The predicted molar refractivity (Wildman–Crippen MR) is 82.1 cm³/mol. The van der Waals surface area contributed by atoms with E-state index in [1.54, 1.807) is 0 Å². The zero-order valence-electron chi connectivity index (χ0n) is 13.3. The second-order valence-electron chi connectivity index (χ2n) is 8.13. The third-order valence-electron chi connectivity index (χ3n) is 7.50. The van der Waals surface area contributed by atoms with Gasteiger partial charge in [0.05, 0.1) is 5.41 Å². The van der Waals surface area contributed by atoms with E-state index in [4.69, 9.17) is 0 Å². The first-order valence-corrected chi connectivity index (χ1v) is 8.75. The van der Waals surface area contributed by atoms with Gasteiger partial charge >= 0.3 is 0 Å². The molecular formula is C19H24O3. The third-order valence-corrected chi connectivity index (χ3v) is 7.50. The van der Waals surface area contributed by atoms with Gasteiger partial charge in [-0.05, 0) is 67.8 Å². The maximum absolute atomic E-state index is 12.4. The molecule has 0 N–H and O–H groups in total. The Morgan fingerprint density at radius 2 is 1.86 bits per heavy atom. The Balaban J connectivity index is 1.72. The van der Waals surface area contributed by atoms with Crippen LogP contribution in [0.15, 0.2) is 11.6 Å². The first-order valence-electron chi connectivity index (χ1n) is 8.75. The van der Waals surface area contributed by atoms with E-state index in [1.807, 2.05) is 6.08 Å². The molecule has 0 aromatic heterocycles. The summed E-state index contributed by atoms with van der Waals surface area (Å²) in [6.45, 7) is 2.33. The Morgan fingerprint density at radius 1 is 1.05 bits per heavy atom. The average Bonchev–Trinajstić information content (AvgIpc) is 2.86. The van der Waals surface area contributed by atoms with Crippen LogP contribution in [-0.2, 0) is 14.4 Å². The van der Waals surface area contributed by atoms with Crippen LogP contribution in [0.5, 0.6) is 0 Å². The number of carbonyl (C=O) groups excluding carboxylic acids is 3. The van der Waals surface area contributed by atoms with Gasteiger partial charge in [-0.25, -0.2) is 0 Å². The highest BCUT2D eigenvalue weighted by molar-refractivity contribution is 6.00. The number of rotatable bonds is 1. The van der Waals surface area contributed by atoms with Crippen LogP contribution < -0.4 is 0 Å². The number of fused-ring (bicyclic) bond motifs is 5. The quantitative estimate of drug-likeness (QED) is 0.551. The summed E-state index contributed by atoms with van der Waals surface area (Å²) >= 11 is 0. The number of hydrogen-bond acceptors (Lipinski definition) is 3. The minimum Gasteiger partial charge on any atom is -0.302 e. The first-order chi connectivity index (χ1) is 10.5. The number of ketones is 2. The van der Waals surface area contributed by atoms with Crippen molar-refractivity contribution in [2.45, 2.75) is 58.3 Å². The molecule has 5 atom stereocenters. The summed E-state index contributed by atoms with van der Waals surface area (Å²) in [4.78, 5) is 35.9. The highest BCUT2D eigenvalue weighted by atomic mass is 16.1. The number of allylic oxidation sites excluding steroid dienone is 1. The molecule has 3 heteroatoms. The van der Waals surface area contributed by atoms with Crippen LogP contribution >= 0.6 is 0 Å². The number of hydrogen-bond donors (Lipinski definition) is 0. The van der Waals surface area contributed by atoms with Crippen molar-refractivity contribution in [3.05, 3.63) is 11.6 Å². The van der Waals surface area contributed by atoms with Gasteiger partial charge in [0.15, 0.2) is 5.78 Å². The molecule has 0 aromatic carbocycles. The molecule has 4 rings (SSSR count). The lowest BCUT2D eigenvalue weighted by atomic mass is 9.47. The van der Waals surface area contributed by atoms with Crippen LogP contribution in [0.2, 0.25) is 0 Å². The largest absolute Gasteiger partial charge is 0.302 e. The van der Waals surface area contributed by atoms with E-state index in [1.165, 1.54) is 5.57 Å². The second kappa shape index (κ2) is 4.62. The van der Waals surface area contributed by atoms with E-state index in [9.17, 15) is 14.4 Å². The molecule has 3 nitrogen and oxygen atoms in total. The maximum Gasteiger partial charge on any atom is 0.155 e. The topological polar surface area (TPSA) is 51.2 Å². The SMILES string of the molecule is C[C@]12CCC(=O)C=C1CC[C@@H]1[C@@H]2CC[C@]2(C=O)C(=O)CC[C@@H]12. The zero-order valence-corrected chi connectivity index (χ0v) is 13.3. The molecule has 0 bridgehead atoms. The normalized spacial score (nSPS) is 47.3. The van der Waals surface area contributed by atoms with Crippen molar-refractivity contribution in [3.8, 4) is 0 Å². The molecule has 118 valence electrons. The molecule has 3 saturated carbocycles. The van der Waals surface area contributed by atoms with Crippen LogP contribution in [0.25, 0.3) is 0 Å². The van der Waals surface area contributed by atoms with Gasteiger partial charge in [0.1, 0.15) is 12.1 Å². The van der Waals surface area contributed by atoms with Gasteiger partial charge in [0, 0.05) is 12.8 Å². The minimum absolute atomic E-state index is 0.123. The van der Waals surface area contributed by atoms with Crippen molar-refractivity contribution < 1.29 is 14.4 Å². The second-order valence-corrected chi connectivity index (χ2v) is 8.13. The van der Waals surface area contributed by atoms with Crippen LogP contribution in [0, 0.1) is 28.6 Å². The standard InChI is InChI=1S/C19H24O3/c1-18-8-6-13(21)10-12(18)2-3-14-15(18)7-9-19(11-20)16(14)4-5-17(19)22/h10-11,14-16H,2-9H2,1H3/t14-,15+,16+,18+,19-/m1/s1. The van der Waals surface area contributed by atoms with E-state index in [2.05, 4.69) is 6.92 Å². The summed E-state index contributed by atoms with van der Waals surface area (Å²) in [5.74, 6) is 1.76. The smallest absolute Gasteiger partial charge is 0.155 e. The Bertz CT molecular complexity index is 589. The Kier molecular flexibility index (Phi) is 3.02. The summed E-state index contributed by atoms with van der Waals surface area (Å²) < 4.78 is 0. The van der Waals surface area contributed by atoms with Crippen LogP contribution in [0.4, 0.5) is 0 Å². The molecule has 0 amide bonds. The highest BCUT2D eigenvalue weighted by Crippen LogP contribution is 2.63. The predicted octanol–water partition coefficient (Wildman–Crippen LogP) is 3.27. The van der Waals surface area contributed by atoms with Crippen LogP contribution in [0.1, 0.15) is 58.3 Å². The Labute approximate surface area is 131 Å². The molecule has 0 aromatic rings. The lowest BCUT2D eigenvalue weighted by Crippen LogP contribution is -2.52. The number of Topliss-reactive ketones (excluding diaryl/α,β-unsaturated/α-hetero) is 1. The van der Waals surface area contributed by atoms with Crippen molar-refractivity contribution in [3.63, 3.8) is 0 Å². The molecule has 0 radical (unpaired) electrons. The summed E-state index contributed by atoms with van der Waals surface area (Å²) in [5, 5.41) is 0. The van der Waals surface area contributed by atoms with E-state index >= 15 is 0 Å². The van der Waals surface area contributed by atoms with E-state index in [0.717, 1.165) is 44.8 Å². The van der Waals surface area contributed by atoms with Gasteiger partial charge < -0.3 is 4.79 Å². The van der Waals surface area contributed by atoms with Gasteiger partial charge in [0.2, 0.25) is 0 Å². The molecule has 22 heavy (non-hydrogen) atoms. The molecule has 0 spiro atoms. The van der Waals surface area contributed by atoms with Crippen molar-refractivity contribution in [2.24, 2.45) is 28.6 Å². The summed E-state index contributed by atoms with van der Waals surface area (Å²) in [6.07, 6.45) is 9.71. The van der Waals surface area contributed by atoms with Gasteiger partial charge in [-0.15, -0.1) is 0 Å². The Morgan fingerprint density at radius 3 is 2.64 bits per heavy atom. The molecule has 4 aliphatic carbocycles. The number of carbonyl (C=O) groups is 3. The summed E-state index contributed by atoms with van der Waals surface area (Å²) in [5.41, 5.74) is 0.800. The Hall–Kier alpha value is -1.25. The summed E-state index contributed by atoms with van der Waals surface area (Å²) in [6, 6.07) is 0. The van der Waals surface area contributed by atoms with Gasteiger partial charge in [-0.1, -0.05) is 12.5 Å². The molecule has 0 saturated heterocycles. The lowest BCUT2D eigenvalue weighted by molar-refractivity contribution is -0.141. The average molecular weight is 300 g/mol. The molecule has 3 fully saturated rings. The molecular weight excluding hydrogens is 276 g/mol. The van der Waals surface area contributed by atoms with Crippen molar-refractivity contribution in [2.75, 3.05) is 0 Å². The van der Waals surface area contributed by atoms with Crippen molar-refractivity contribution in [1.82, 2.24) is 0 Å². The van der Waals surface area contributed by atoms with Gasteiger partial charge in [-0.2, -0.15) is 0 Å². The highest BCUT2D eigenvalue weighted by Gasteiger charge is 2.60. The number of aldehydes is 1. The van der Waals surface area contributed by atoms with E-state index in [0.29, 0.717) is 24.7 Å². The van der Waals surface area contributed by atoms with Crippen LogP contribution in [0.3, 0.4) is 0 Å². The van der Waals surface area contributed by atoms with Gasteiger partial charge in [0.25, 0.3) is 0 Å². The van der Waals surface area contributed by atoms with Crippen molar-refractivity contribution in [1.29, 1.82) is 0 Å². The molecule has 0 heterocycles. The fraction of sp³-hybridized carbons (Fsp3) is 0.737. The molecule has 0 unspecified atom stereocenters. The maximum atomic E-state index is 12.4. The van der Waals surface area contributed by atoms with Gasteiger partial charge in [-0.3, -0.25) is 9.59 Å². The lowest BCUT2D eigenvalue weighted by Gasteiger charge is -2.56. The fourth-order valence-electron chi connectivity index (χ4n) is 6.28. The molecule has 0 aliphatic heterocycles. The van der Waals surface area contributed by atoms with E-state index in [-0.39, 0.29) is 22.9 Å². The van der Waals surface area contributed by atoms with Crippen molar-refractivity contribution >= 4 is 17.9 Å².